The first kappa shape index (κ1) is 13.1. The van der Waals surface area contributed by atoms with Gasteiger partial charge in [0, 0.05) is 30.1 Å². The maximum atomic E-state index is 12.8. The number of piperazine rings is 1. The van der Waals surface area contributed by atoms with E-state index in [0.29, 0.717) is 5.91 Å². The van der Waals surface area contributed by atoms with Gasteiger partial charge < -0.3 is 10.2 Å². The van der Waals surface area contributed by atoms with E-state index >= 15 is 0 Å². The van der Waals surface area contributed by atoms with E-state index in [9.17, 15) is 4.79 Å². The molecule has 104 valence electrons. The second-order valence-corrected chi connectivity index (χ2v) is 7.32. The number of carbonyl (C=O) groups is 1. The molecule has 1 amide bonds. The molecular formula is C15H22N2OS. The fourth-order valence-electron chi connectivity index (χ4n) is 3.29. The van der Waals surface area contributed by atoms with Crippen LogP contribution in [0.25, 0.3) is 0 Å². The zero-order chi connectivity index (χ0) is 13.5. The molecular weight excluding hydrogens is 256 g/mol. The fraction of sp³-hybridized carbons (Fsp3) is 0.667. The summed E-state index contributed by atoms with van der Waals surface area (Å²) in [6.07, 6.45) is 3.33. The molecule has 1 N–H and O–H groups in total. The van der Waals surface area contributed by atoms with E-state index in [0.717, 1.165) is 38.9 Å². The molecule has 0 radical (unpaired) electrons. The van der Waals surface area contributed by atoms with Gasteiger partial charge >= 0.3 is 0 Å². The van der Waals surface area contributed by atoms with Crippen LogP contribution in [0.2, 0.25) is 0 Å². The maximum Gasteiger partial charge on any atom is 0.230 e. The van der Waals surface area contributed by atoms with Gasteiger partial charge in [0.25, 0.3) is 0 Å². The first-order valence-corrected chi connectivity index (χ1v) is 8.05. The predicted octanol–water partition coefficient (Wildman–Crippen LogP) is 2.38. The first-order valence-electron chi connectivity index (χ1n) is 7.17. The standard InChI is InChI=1S/C15H22N2OS/c1-15(2)10-17(8-7-16-15)14(18)12-4-3-5-13-11(12)6-9-19-13/h6,9,12,16H,3-5,7-8,10H2,1-2H3. The number of fused-ring (bicyclic) bond motifs is 1. The van der Waals surface area contributed by atoms with E-state index in [1.165, 1.54) is 10.4 Å². The lowest BCUT2D eigenvalue weighted by molar-refractivity contribution is -0.135. The Kier molecular flexibility index (Phi) is 3.39. The Balaban J connectivity index is 1.78. The number of nitrogens with zero attached hydrogens (tertiary/aromatic N) is 1. The average molecular weight is 278 g/mol. The molecule has 0 saturated carbocycles. The zero-order valence-electron chi connectivity index (χ0n) is 11.7. The predicted molar refractivity (Wildman–Crippen MR) is 78.7 cm³/mol. The number of carbonyl (C=O) groups excluding carboxylic acids is 1. The minimum absolute atomic E-state index is 0.0417. The third-order valence-electron chi connectivity index (χ3n) is 4.23. The molecule has 0 aromatic carbocycles. The molecule has 1 aromatic rings. The number of hydrogen-bond donors (Lipinski definition) is 1. The Hall–Kier alpha value is -0.870. The van der Waals surface area contributed by atoms with Gasteiger partial charge in [0.05, 0.1) is 5.92 Å². The number of hydrogen-bond acceptors (Lipinski definition) is 3. The second-order valence-electron chi connectivity index (χ2n) is 6.31. The van der Waals surface area contributed by atoms with Crippen molar-refractivity contribution in [3.8, 4) is 0 Å². The van der Waals surface area contributed by atoms with Crippen molar-refractivity contribution in [3.05, 3.63) is 21.9 Å². The minimum Gasteiger partial charge on any atom is -0.339 e. The van der Waals surface area contributed by atoms with Gasteiger partial charge in [-0.1, -0.05) is 0 Å². The fourth-order valence-corrected chi connectivity index (χ4v) is 4.28. The van der Waals surface area contributed by atoms with Gasteiger partial charge in [0.15, 0.2) is 0 Å². The average Bonchev–Trinajstić information content (AvgIpc) is 2.84. The van der Waals surface area contributed by atoms with Crippen LogP contribution < -0.4 is 5.32 Å². The van der Waals surface area contributed by atoms with Crippen LogP contribution in [0.3, 0.4) is 0 Å². The normalized spacial score (nSPS) is 26.0. The number of aryl methyl sites for hydroxylation is 1. The molecule has 3 nitrogen and oxygen atoms in total. The molecule has 0 bridgehead atoms. The molecule has 3 rings (SSSR count). The monoisotopic (exact) mass is 278 g/mol. The van der Waals surface area contributed by atoms with Crippen molar-refractivity contribution in [3.63, 3.8) is 0 Å². The lowest BCUT2D eigenvalue weighted by Crippen LogP contribution is -2.59. The van der Waals surface area contributed by atoms with Crippen LogP contribution in [0.1, 0.15) is 43.0 Å². The molecule has 0 spiro atoms. The van der Waals surface area contributed by atoms with Crippen molar-refractivity contribution in [1.82, 2.24) is 10.2 Å². The topological polar surface area (TPSA) is 32.3 Å². The van der Waals surface area contributed by atoms with Gasteiger partial charge in [0.2, 0.25) is 5.91 Å². The zero-order valence-corrected chi connectivity index (χ0v) is 12.6. The Morgan fingerprint density at radius 3 is 3.16 bits per heavy atom. The highest BCUT2D eigenvalue weighted by molar-refractivity contribution is 7.10. The van der Waals surface area contributed by atoms with E-state index in [1.807, 2.05) is 11.3 Å². The van der Waals surface area contributed by atoms with E-state index in [2.05, 4.69) is 35.5 Å². The van der Waals surface area contributed by atoms with Crippen LogP contribution in [0, 0.1) is 0 Å². The maximum absolute atomic E-state index is 12.8. The van der Waals surface area contributed by atoms with Crippen molar-refractivity contribution in [1.29, 1.82) is 0 Å². The van der Waals surface area contributed by atoms with Crippen molar-refractivity contribution in [2.24, 2.45) is 0 Å². The summed E-state index contributed by atoms with van der Waals surface area (Å²) < 4.78 is 0. The van der Waals surface area contributed by atoms with Gasteiger partial charge in [-0.25, -0.2) is 0 Å². The quantitative estimate of drug-likeness (QED) is 0.855. The number of thiophene rings is 1. The van der Waals surface area contributed by atoms with E-state index in [-0.39, 0.29) is 11.5 Å². The Labute approximate surface area is 119 Å². The molecule has 2 heterocycles. The SMILES string of the molecule is CC1(C)CN(C(=O)C2CCCc3sccc32)CCN1. The number of amides is 1. The third kappa shape index (κ3) is 2.56. The number of nitrogens with one attached hydrogen (secondary N) is 1. The highest BCUT2D eigenvalue weighted by Crippen LogP contribution is 2.36. The third-order valence-corrected chi connectivity index (χ3v) is 5.23. The second kappa shape index (κ2) is 4.91. The Morgan fingerprint density at radius 1 is 1.53 bits per heavy atom. The largest absolute Gasteiger partial charge is 0.339 e. The van der Waals surface area contributed by atoms with Gasteiger partial charge in [-0.2, -0.15) is 0 Å². The summed E-state index contributed by atoms with van der Waals surface area (Å²) in [6, 6.07) is 2.16. The van der Waals surface area contributed by atoms with Crippen molar-refractivity contribution >= 4 is 17.2 Å². The number of rotatable bonds is 1. The molecule has 1 aromatic heterocycles. The van der Waals surface area contributed by atoms with Crippen LogP contribution in [0.5, 0.6) is 0 Å². The summed E-state index contributed by atoms with van der Waals surface area (Å²) in [5, 5.41) is 5.61. The molecule has 1 fully saturated rings. The van der Waals surface area contributed by atoms with Crippen LogP contribution in [0.15, 0.2) is 11.4 Å². The summed E-state index contributed by atoms with van der Waals surface area (Å²) in [5.41, 5.74) is 1.35. The highest BCUT2D eigenvalue weighted by Gasteiger charge is 2.34. The van der Waals surface area contributed by atoms with Crippen LogP contribution in [-0.2, 0) is 11.2 Å². The first-order chi connectivity index (χ1) is 9.07. The van der Waals surface area contributed by atoms with Crippen molar-refractivity contribution in [2.45, 2.75) is 44.6 Å². The molecule has 1 saturated heterocycles. The lowest BCUT2D eigenvalue weighted by Gasteiger charge is -2.41. The molecule has 1 aliphatic carbocycles. The highest BCUT2D eigenvalue weighted by atomic mass is 32.1. The van der Waals surface area contributed by atoms with Crippen LogP contribution in [0.4, 0.5) is 0 Å². The molecule has 4 heteroatoms. The van der Waals surface area contributed by atoms with Crippen LogP contribution >= 0.6 is 11.3 Å². The van der Waals surface area contributed by atoms with Crippen LogP contribution in [-0.4, -0.2) is 36.0 Å². The van der Waals surface area contributed by atoms with Crippen molar-refractivity contribution in [2.75, 3.05) is 19.6 Å². The smallest absolute Gasteiger partial charge is 0.230 e. The summed E-state index contributed by atoms with van der Waals surface area (Å²) in [5.74, 6) is 0.456. The van der Waals surface area contributed by atoms with E-state index in [1.54, 1.807) is 0 Å². The van der Waals surface area contributed by atoms with E-state index in [4.69, 9.17) is 0 Å². The molecule has 1 aliphatic heterocycles. The van der Waals surface area contributed by atoms with Gasteiger partial charge in [-0.15, -0.1) is 11.3 Å². The lowest BCUT2D eigenvalue weighted by atomic mass is 9.86. The summed E-state index contributed by atoms with van der Waals surface area (Å²) in [7, 11) is 0. The van der Waals surface area contributed by atoms with Gasteiger partial charge in [-0.3, -0.25) is 4.79 Å². The summed E-state index contributed by atoms with van der Waals surface area (Å²) >= 11 is 1.81. The van der Waals surface area contributed by atoms with Gasteiger partial charge in [-0.05, 0) is 50.1 Å². The molecule has 19 heavy (non-hydrogen) atoms. The Morgan fingerprint density at radius 2 is 2.37 bits per heavy atom. The molecule has 1 unspecified atom stereocenters. The summed E-state index contributed by atoms with van der Waals surface area (Å²) in [4.78, 5) is 16.3. The van der Waals surface area contributed by atoms with Crippen molar-refractivity contribution < 1.29 is 4.79 Å². The van der Waals surface area contributed by atoms with E-state index < -0.39 is 0 Å². The minimum atomic E-state index is 0.0417. The van der Waals surface area contributed by atoms with Gasteiger partial charge in [0.1, 0.15) is 0 Å². The molecule has 1 atom stereocenters. The summed E-state index contributed by atoms with van der Waals surface area (Å²) in [6.45, 7) is 6.91. The molecule has 2 aliphatic rings. The Bertz CT molecular complexity index is 480.